The fourth-order valence-corrected chi connectivity index (χ4v) is 13.3. The SMILES string of the molecule is Cc1c(-c2ccccc2)cccc1N(c1ccc([Si](C)(C)C)cc1)c1cc(C(C)C)c2ccc3c(N(c4ccc([Si](C)(C)C)cc4)c4cccc(-c5ccccc5)c4C)cc(C(C)C)c4ccc1c2c43. The fourth-order valence-electron chi connectivity index (χ4n) is 11.0. The molecular formula is C66H68N2Si2. The first-order valence-corrected chi connectivity index (χ1v) is 32.4. The third-order valence-corrected chi connectivity index (χ3v) is 19.0. The van der Waals surface area contributed by atoms with Crippen LogP contribution in [0.5, 0.6) is 0 Å². The molecule has 0 aliphatic rings. The molecule has 0 radical (unpaired) electrons. The highest BCUT2D eigenvalue weighted by Gasteiger charge is 2.28. The van der Waals surface area contributed by atoms with Gasteiger partial charge in [0, 0.05) is 33.5 Å². The molecule has 0 spiro atoms. The molecule has 0 aromatic heterocycles. The molecule has 0 N–H and O–H groups in total. The minimum atomic E-state index is -1.56. The van der Waals surface area contributed by atoms with Gasteiger partial charge in [-0.25, -0.2) is 0 Å². The van der Waals surface area contributed by atoms with Crippen LogP contribution in [0.4, 0.5) is 34.1 Å². The van der Waals surface area contributed by atoms with E-state index in [1.807, 2.05) is 0 Å². The molecule has 0 fully saturated rings. The Hall–Kier alpha value is -6.73. The van der Waals surface area contributed by atoms with Gasteiger partial charge in [-0.05, 0) is 140 Å². The minimum Gasteiger partial charge on any atom is -0.310 e. The Labute approximate surface area is 419 Å². The number of hydrogen-bond acceptors (Lipinski definition) is 2. The molecule has 10 rings (SSSR count). The standard InChI is InChI=1S/C66H68N2Si2/c1-43(2)59-41-63(67(49-29-33-51(34-30-49)69(7,8)9)61-27-19-25-53(45(61)5)47-21-15-13-16-22-47)57-40-38-56-60(44(3)4)42-64(58-39-37-55(59)65(57)66(56)58)68(50-31-35-52(36-32-50)70(10,11)12)62-28-20-26-54(46(62)6)48-23-17-14-18-24-48/h13-44H,1-12H3. The van der Waals surface area contributed by atoms with Crippen LogP contribution in [0.25, 0.3) is 54.6 Å². The molecule has 0 atom stereocenters. The second-order valence-electron chi connectivity index (χ2n) is 22.2. The Kier molecular flexibility index (Phi) is 12.2. The zero-order valence-corrected chi connectivity index (χ0v) is 45.4. The van der Waals surface area contributed by atoms with Crippen LogP contribution in [-0.2, 0) is 0 Å². The van der Waals surface area contributed by atoms with Crippen LogP contribution in [0.3, 0.4) is 0 Å². The Morgan fingerprint density at radius 3 is 1.01 bits per heavy atom. The predicted molar refractivity (Wildman–Crippen MR) is 314 cm³/mol. The van der Waals surface area contributed by atoms with Crippen LogP contribution in [-0.4, -0.2) is 16.1 Å². The lowest BCUT2D eigenvalue weighted by molar-refractivity contribution is 0.875. The number of anilines is 6. The van der Waals surface area contributed by atoms with E-state index in [-0.39, 0.29) is 11.8 Å². The zero-order chi connectivity index (χ0) is 49.2. The summed E-state index contributed by atoms with van der Waals surface area (Å²) in [6.07, 6.45) is 0. The van der Waals surface area contributed by atoms with E-state index in [1.165, 1.54) is 121 Å². The van der Waals surface area contributed by atoms with Crippen molar-refractivity contribution in [2.24, 2.45) is 0 Å². The van der Waals surface area contributed by atoms with Crippen molar-refractivity contribution in [1.29, 1.82) is 0 Å². The second kappa shape index (κ2) is 18.2. The van der Waals surface area contributed by atoms with Crippen LogP contribution in [0.15, 0.2) is 182 Å². The zero-order valence-electron chi connectivity index (χ0n) is 43.4. The van der Waals surface area contributed by atoms with E-state index in [1.54, 1.807) is 0 Å². The first-order valence-electron chi connectivity index (χ1n) is 25.4. The molecule has 0 saturated carbocycles. The molecule has 0 saturated heterocycles. The van der Waals surface area contributed by atoms with E-state index < -0.39 is 16.1 Å². The first kappa shape index (κ1) is 47.0. The highest BCUT2D eigenvalue weighted by atomic mass is 28.3. The maximum Gasteiger partial charge on any atom is 0.0775 e. The van der Waals surface area contributed by atoms with Gasteiger partial charge in [0.05, 0.1) is 27.5 Å². The van der Waals surface area contributed by atoms with E-state index in [0.717, 1.165) is 0 Å². The normalized spacial score (nSPS) is 12.3. The molecule has 0 heterocycles. The lowest BCUT2D eigenvalue weighted by Gasteiger charge is -2.33. The van der Waals surface area contributed by atoms with E-state index in [2.05, 4.69) is 273 Å². The maximum absolute atomic E-state index is 2.57. The molecule has 0 aliphatic heterocycles. The summed E-state index contributed by atoms with van der Waals surface area (Å²) >= 11 is 0. The molecule has 2 nitrogen and oxygen atoms in total. The molecule has 10 aromatic rings. The average Bonchev–Trinajstić information content (AvgIpc) is 3.35. The summed E-state index contributed by atoms with van der Waals surface area (Å²) in [5, 5.41) is 10.8. The summed E-state index contributed by atoms with van der Waals surface area (Å²) in [5.41, 5.74) is 17.3. The van der Waals surface area contributed by atoms with Gasteiger partial charge in [0.25, 0.3) is 0 Å². The highest BCUT2D eigenvalue weighted by molar-refractivity contribution is 6.89. The maximum atomic E-state index is 2.57. The molecule has 4 heteroatoms. The van der Waals surface area contributed by atoms with Gasteiger partial charge in [-0.1, -0.05) is 211 Å². The number of hydrogen-bond donors (Lipinski definition) is 0. The van der Waals surface area contributed by atoms with Crippen molar-refractivity contribution >= 4 is 93.0 Å². The fraction of sp³-hybridized carbons (Fsp3) is 0.212. The van der Waals surface area contributed by atoms with Gasteiger partial charge in [-0.3, -0.25) is 0 Å². The van der Waals surface area contributed by atoms with Crippen molar-refractivity contribution in [3.8, 4) is 22.3 Å². The number of benzene rings is 10. The van der Waals surface area contributed by atoms with Crippen molar-refractivity contribution in [1.82, 2.24) is 0 Å². The third kappa shape index (κ3) is 8.35. The van der Waals surface area contributed by atoms with Gasteiger partial charge in [0.15, 0.2) is 0 Å². The minimum absolute atomic E-state index is 0.282. The van der Waals surface area contributed by atoms with E-state index >= 15 is 0 Å². The largest absolute Gasteiger partial charge is 0.310 e. The Morgan fingerprint density at radius 1 is 0.343 bits per heavy atom. The van der Waals surface area contributed by atoms with Gasteiger partial charge in [-0.2, -0.15) is 0 Å². The molecule has 0 bridgehead atoms. The van der Waals surface area contributed by atoms with Crippen LogP contribution in [0.1, 0.15) is 61.8 Å². The Morgan fingerprint density at radius 2 is 0.686 bits per heavy atom. The van der Waals surface area contributed by atoms with E-state index in [0.29, 0.717) is 0 Å². The van der Waals surface area contributed by atoms with Gasteiger partial charge >= 0.3 is 0 Å². The number of rotatable bonds is 12. The molecular weight excluding hydrogens is 877 g/mol. The van der Waals surface area contributed by atoms with Crippen molar-refractivity contribution in [2.75, 3.05) is 9.80 Å². The van der Waals surface area contributed by atoms with Crippen molar-refractivity contribution in [2.45, 2.75) is 92.7 Å². The predicted octanol–water partition coefficient (Wildman–Crippen LogP) is 18.8. The Balaban J connectivity index is 1.31. The van der Waals surface area contributed by atoms with Gasteiger partial charge in [0.1, 0.15) is 0 Å². The van der Waals surface area contributed by atoms with Crippen molar-refractivity contribution in [3.63, 3.8) is 0 Å². The molecule has 0 unspecified atom stereocenters. The summed E-state index contributed by atoms with van der Waals surface area (Å²) in [4.78, 5) is 5.14. The third-order valence-electron chi connectivity index (χ3n) is 14.9. The van der Waals surface area contributed by atoms with E-state index in [4.69, 9.17) is 0 Å². The van der Waals surface area contributed by atoms with Crippen LogP contribution in [0, 0.1) is 13.8 Å². The molecule has 0 aliphatic carbocycles. The van der Waals surface area contributed by atoms with Crippen molar-refractivity contribution < 1.29 is 0 Å². The van der Waals surface area contributed by atoms with Gasteiger partial charge in [-0.15, -0.1) is 0 Å². The quantitative estimate of drug-likeness (QED) is 0.0889. The lowest BCUT2D eigenvalue weighted by Crippen LogP contribution is -2.37. The topological polar surface area (TPSA) is 6.48 Å². The smallest absolute Gasteiger partial charge is 0.0775 e. The molecule has 70 heavy (non-hydrogen) atoms. The summed E-state index contributed by atoms with van der Waals surface area (Å²) in [7, 11) is -3.12. The summed E-state index contributed by atoms with van der Waals surface area (Å²) in [5.74, 6) is 0.565. The van der Waals surface area contributed by atoms with E-state index in [9.17, 15) is 0 Å². The molecule has 0 amide bonds. The number of nitrogens with zero attached hydrogens (tertiary/aromatic N) is 2. The Bertz CT molecular complexity index is 3270. The van der Waals surface area contributed by atoms with Crippen molar-refractivity contribution in [3.05, 3.63) is 204 Å². The van der Waals surface area contributed by atoms with Gasteiger partial charge in [0.2, 0.25) is 0 Å². The average molecular weight is 945 g/mol. The van der Waals surface area contributed by atoms with Crippen LogP contribution >= 0.6 is 0 Å². The highest BCUT2D eigenvalue weighted by Crippen LogP contribution is 2.52. The summed E-state index contributed by atoms with van der Waals surface area (Å²) < 4.78 is 0. The summed E-state index contributed by atoms with van der Waals surface area (Å²) in [6.45, 7) is 28.7. The molecule has 350 valence electrons. The monoisotopic (exact) mass is 944 g/mol. The van der Waals surface area contributed by atoms with Crippen LogP contribution < -0.4 is 20.2 Å². The second-order valence-corrected chi connectivity index (χ2v) is 32.4. The first-order chi connectivity index (χ1) is 33.5. The van der Waals surface area contributed by atoms with Crippen LogP contribution in [0.2, 0.25) is 39.3 Å². The summed E-state index contributed by atoms with van der Waals surface area (Å²) in [6, 6.07) is 69.3. The molecule has 10 aromatic carbocycles. The van der Waals surface area contributed by atoms with Gasteiger partial charge < -0.3 is 9.80 Å². The lowest BCUT2D eigenvalue weighted by atomic mass is 9.84.